The van der Waals surface area contributed by atoms with Crippen molar-refractivity contribution < 1.29 is 9.53 Å². The molecular weight excluding hydrogens is 204 g/mol. The summed E-state index contributed by atoms with van der Waals surface area (Å²) in [6.07, 6.45) is 1.36. The molecule has 1 aliphatic rings. The molecular formula is C9H9ClN2O2. The first kappa shape index (κ1) is 9.40. The van der Waals surface area contributed by atoms with Gasteiger partial charge in [0.05, 0.1) is 0 Å². The summed E-state index contributed by atoms with van der Waals surface area (Å²) in [5.41, 5.74) is 1.76. The number of carbonyl (C=O) groups is 1. The van der Waals surface area contributed by atoms with Gasteiger partial charge in [0.2, 0.25) is 0 Å². The Hall–Kier alpha value is -1.16. The van der Waals surface area contributed by atoms with Gasteiger partial charge in [0.15, 0.2) is 5.15 Å². The second-order valence-electron chi connectivity index (χ2n) is 3.21. The maximum atomic E-state index is 10.8. The van der Waals surface area contributed by atoms with Gasteiger partial charge in [0.1, 0.15) is 11.8 Å². The van der Waals surface area contributed by atoms with E-state index in [4.69, 9.17) is 16.3 Å². The van der Waals surface area contributed by atoms with E-state index in [2.05, 4.69) is 10.2 Å². The number of aryl methyl sites for hydroxylation is 1. The van der Waals surface area contributed by atoms with Crippen LogP contribution in [0.5, 0.6) is 0 Å². The van der Waals surface area contributed by atoms with Gasteiger partial charge in [-0.2, -0.15) is 0 Å². The van der Waals surface area contributed by atoms with Crippen LogP contribution in [-0.2, 0) is 16.0 Å². The molecule has 0 bridgehead atoms. The van der Waals surface area contributed by atoms with Crippen LogP contribution in [0.3, 0.4) is 0 Å². The van der Waals surface area contributed by atoms with Crippen LogP contribution >= 0.6 is 11.6 Å². The summed E-state index contributed by atoms with van der Waals surface area (Å²) in [4.78, 5) is 10.8. The summed E-state index contributed by atoms with van der Waals surface area (Å²) in [5.74, 6) is -0.292. The van der Waals surface area contributed by atoms with Gasteiger partial charge in [0, 0.05) is 6.92 Å². The van der Waals surface area contributed by atoms with Gasteiger partial charge in [-0.1, -0.05) is 11.6 Å². The molecule has 0 saturated carbocycles. The first-order valence-corrected chi connectivity index (χ1v) is 4.74. The minimum Gasteiger partial charge on any atom is -0.456 e. The third-order valence-corrected chi connectivity index (χ3v) is 2.35. The topological polar surface area (TPSA) is 52.1 Å². The van der Waals surface area contributed by atoms with Crippen molar-refractivity contribution in [3.63, 3.8) is 0 Å². The average Bonchev–Trinajstić information content (AvgIpc) is 2.47. The second-order valence-corrected chi connectivity index (χ2v) is 3.60. The van der Waals surface area contributed by atoms with Crippen LogP contribution < -0.4 is 0 Å². The van der Waals surface area contributed by atoms with Crippen LogP contribution in [0.15, 0.2) is 6.07 Å². The molecule has 0 aromatic carbocycles. The molecule has 1 unspecified atom stereocenters. The summed E-state index contributed by atoms with van der Waals surface area (Å²) in [6, 6.07) is 1.77. The average molecular weight is 213 g/mol. The van der Waals surface area contributed by atoms with Crippen molar-refractivity contribution in [2.75, 3.05) is 0 Å². The molecule has 1 heterocycles. The lowest BCUT2D eigenvalue weighted by molar-refractivity contribution is -0.146. The molecule has 1 aromatic heterocycles. The van der Waals surface area contributed by atoms with Crippen molar-refractivity contribution in [3.05, 3.63) is 22.5 Å². The monoisotopic (exact) mass is 212 g/mol. The molecule has 14 heavy (non-hydrogen) atoms. The molecule has 0 radical (unpaired) electrons. The summed E-state index contributed by atoms with van der Waals surface area (Å²) < 4.78 is 5.09. The van der Waals surface area contributed by atoms with Gasteiger partial charge in [0.25, 0.3) is 0 Å². The highest BCUT2D eigenvalue weighted by molar-refractivity contribution is 6.29. The summed E-state index contributed by atoms with van der Waals surface area (Å²) in [7, 11) is 0. The van der Waals surface area contributed by atoms with Gasteiger partial charge in [-0.15, -0.1) is 10.2 Å². The highest BCUT2D eigenvalue weighted by Crippen LogP contribution is 2.32. The van der Waals surface area contributed by atoms with Crippen molar-refractivity contribution in [1.82, 2.24) is 10.2 Å². The highest BCUT2D eigenvalue weighted by atomic mass is 35.5. The Morgan fingerprint density at radius 2 is 2.43 bits per heavy atom. The maximum Gasteiger partial charge on any atom is 0.303 e. The first-order chi connectivity index (χ1) is 6.66. The van der Waals surface area contributed by atoms with Crippen LogP contribution in [-0.4, -0.2) is 16.2 Å². The van der Waals surface area contributed by atoms with Crippen molar-refractivity contribution in [3.8, 4) is 0 Å². The number of rotatable bonds is 1. The standard InChI is InChI=1S/C9H9ClN2O2/c1-5(13)14-7-3-2-6-4-8(10)11-12-9(6)7/h4,7H,2-3H2,1H3. The van der Waals surface area contributed by atoms with Gasteiger partial charge in [-0.3, -0.25) is 4.79 Å². The lowest BCUT2D eigenvalue weighted by Gasteiger charge is -2.09. The molecule has 0 fully saturated rings. The van der Waals surface area contributed by atoms with Crippen LogP contribution in [0.25, 0.3) is 0 Å². The number of fused-ring (bicyclic) bond motifs is 1. The number of hydrogen-bond acceptors (Lipinski definition) is 4. The Morgan fingerprint density at radius 1 is 1.64 bits per heavy atom. The number of aromatic nitrogens is 2. The lowest BCUT2D eigenvalue weighted by Crippen LogP contribution is -2.07. The van der Waals surface area contributed by atoms with Gasteiger partial charge < -0.3 is 4.74 Å². The van der Waals surface area contributed by atoms with Gasteiger partial charge in [-0.05, 0) is 24.5 Å². The largest absolute Gasteiger partial charge is 0.456 e. The van der Waals surface area contributed by atoms with E-state index >= 15 is 0 Å². The Bertz CT molecular complexity index is 381. The van der Waals surface area contributed by atoms with E-state index in [1.54, 1.807) is 6.07 Å². The zero-order valence-corrected chi connectivity index (χ0v) is 8.41. The predicted octanol–water partition coefficient (Wildman–Crippen LogP) is 1.68. The summed E-state index contributed by atoms with van der Waals surface area (Å²) >= 11 is 5.70. The molecule has 0 amide bonds. The molecule has 5 heteroatoms. The SMILES string of the molecule is CC(=O)OC1CCc2cc(Cl)nnc21. The molecule has 1 aliphatic carbocycles. The van der Waals surface area contributed by atoms with E-state index in [0.717, 1.165) is 24.1 Å². The van der Waals surface area contributed by atoms with Gasteiger partial charge in [-0.25, -0.2) is 0 Å². The molecule has 1 aromatic rings. The van der Waals surface area contributed by atoms with Gasteiger partial charge >= 0.3 is 5.97 Å². The molecule has 0 N–H and O–H groups in total. The molecule has 1 atom stereocenters. The van der Waals surface area contributed by atoms with E-state index in [9.17, 15) is 4.79 Å². The lowest BCUT2D eigenvalue weighted by atomic mass is 10.2. The van der Waals surface area contributed by atoms with Crippen LogP contribution in [0, 0.1) is 0 Å². The Kier molecular flexibility index (Phi) is 2.37. The van der Waals surface area contributed by atoms with E-state index < -0.39 is 0 Å². The van der Waals surface area contributed by atoms with Crippen molar-refractivity contribution in [1.29, 1.82) is 0 Å². The quantitative estimate of drug-likeness (QED) is 0.665. The minimum atomic E-state index is -0.292. The highest BCUT2D eigenvalue weighted by Gasteiger charge is 2.27. The minimum absolute atomic E-state index is 0.243. The second kappa shape index (κ2) is 3.53. The fourth-order valence-corrected chi connectivity index (χ4v) is 1.79. The maximum absolute atomic E-state index is 10.8. The van der Waals surface area contributed by atoms with E-state index in [1.807, 2.05) is 0 Å². The molecule has 0 aliphatic heterocycles. The number of hydrogen-bond donors (Lipinski definition) is 0. The third-order valence-electron chi connectivity index (χ3n) is 2.16. The van der Waals surface area contributed by atoms with Crippen molar-refractivity contribution in [2.45, 2.75) is 25.9 Å². The Morgan fingerprint density at radius 3 is 3.14 bits per heavy atom. The zero-order valence-electron chi connectivity index (χ0n) is 7.66. The molecule has 74 valence electrons. The van der Waals surface area contributed by atoms with Crippen LogP contribution in [0.1, 0.15) is 30.7 Å². The summed E-state index contributed by atoms with van der Waals surface area (Å²) in [6.45, 7) is 1.39. The molecule has 2 rings (SSSR count). The number of carbonyl (C=O) groups excluding carboxylic acids is 1. The smallest absolute Gasteiger partial charge is 0.303 e. The number of ether oxygens (including phenoxy) is 1. The third kappa shape index (κ3) is 1.70. The van der Waals surface area contributed by atoms with Crippen LogP contribution in [0.4, 0.5) is 0 Å². The van der Waals surface area contributed by atoms with E-state index in [-0.39, 0.29) is 12.1 Å². The first-order valence-electron chi connectivity index (χ1n) is 4.36. The number of halogens is 1. The van der Waals surface area contributed by atoms with E-state index in [0.29, 0.717) is 5.15 Å². The number of nitrogens with zero attached hydrogens (tertiary/aromatic N) is 2. The van der Waals surface area contributed by atoms with E-state index in [1.165, 1.54) is 6.92 Å². The molecule has 4 nitrogen and oxygen atoms in total. The predicted molar refractivity (Wildman–Crippen MR) is 49.9 cm³/mol. The van der Waals surface area contributed by atoms with Crippen LogP contribution in [0.2, 0.25) is 5.15 Å². The Labute approximate surface area is 86.2 Å². The molecule has 0 saturated heterocycles. The number of esters is 1. The fraction of sp³-hybridized carbons (Fsp3) is 0.444. The Balaban J connectivity index is 2.26. The fourth-order valence-electron chi connectivity index (χ4n) is 1.62. The zero-order chi connectivity index (χ0) is 10.1. The van der Waals surface area contributed by atoms with Crippen molar-refractivity contribution in [2.24, 2.45) is 0 Å². The van der Waals surface area contributed by atoms with Crippen molar-refractivity contribution >= 4 is 17.6 Å². The normalized spacial score (nSPS) is 19.1. The molecule has 0 spiro atoms. The summed E-state index contributed by atoms with van der Waals surface area (Å²) in [5, 5.41) is 8.05.